The van der Waals surface area contributed by atoms with Gasteiger partial charge in [-0.1, -0.05) is 169 Å². The van der Waals surface area contributed by atoms with Crippen LogP contribution in [0.5, 0.6) is 0 Å². The highest BCUT2D eigenvalue weighted by molar-refractivity contribution is 6.04. The lowest BCUT2D eigenvalue weighted by Gasteiger charge is -2.32. The van der Waals surface area contributed by atoms with Crippen LogP contribution in [-0.2, 0) is 10.8 Å². The van der Waals surface area contributed by atoms with Crippen LogP contribution in [0.2, 0.25) is 0 Å². The fourth-order valence-electron chi connectivity index (χ4n) is 8.61. The number of rotatable bonds is 6. The molecule has 0 N–H and O–H groups in total. The maximum Gasteiger partial charge on any atom is 0.0535 e. The van der Waals surface area contributed by atoms with Crippen LogP contribution in [0, 0.1) is 0 Å². The van der Waals surface area contributed by atoms with Crippen LogP contribution in [0.25, 0.3) is 77.9 Å². The number of benzene rings is 7. The lowest BCUT2D eigenvalue weighted by molar-refractivity contribution is 0.582. The third-order valence-electron chi connectivity index (χ3n) is 11.2. The SMILES string of the molecule is CC(C)(C)c1cc(-n2c(-c3ccccc3)ccc2-c2ccccc2)c(C(C)(C)C)c2cc3ccc(-n4c(-c5ccccc5)ccc4-c4ccccc4)cc3cc12. The Bertz CT molecular complexity index is 2710. The molecule has 2 heteroatoms. The van der Waals surface area contributed by atoms with Crippen molar-refractivity contribution in [1.29, 1.82) is 0 Å². The normalized spacial score (nSPS) is 12.1. The average molecular weight is 725 g/mol. The Morgan fingerprint density at radius 1 is 0.339 bits per heavy atom. The molecule has 0 fully saturated rings. The molecule has 2 aromatic heterocycles. The summed E-state index contributed by atoms with van der Waals surface area (Å²) in [7, 11) is 0. The van der Waals surface area contributed by atoms with Gasteiger partial charge in [-0.25, -0.2) is 0 Å². The predicted octanol–water partition coefficient (Wildman–Crippen LogP) is 14.8. The molecular weight excluding hydrogens is 677 g/mol. The summed E-state index contributed by atoms with van der Waals surface area (Å²) in [6.45, 7) is 14.2. The summed E-state index contributed by atoms with van der Waals surface area (Å²) in [4.78, 5) is 0. The van der Waals surface area contributed by atoms with Gasteiger partial charge in [-0.2, -0.15) is 0 Å². The first-order valence-electron chi connectivity index (χ1n) is 19.8. The molecule has 0 amide bonds. The Balaban J connectivity index is 1.33. The minimum Gasteiger partial charge on any atom is -0.309 e. The van der Waals surface area contributed by atoms with Gasteiger partial charge in [0.2, 0.25) is 0 Å². The van der Waals surface area contributed by atoms with Gasteiger partial charge in [0.1, 0.15) is 0 Å². The first-order valence-corrected chi connectivity index (χ1v) is 19.8. The molecule has 7 aromatic carbocycles. The number of nitrogens with zero attached hydrogens (tertiary/aromatic N) is 2. The van der Waals surface area contributed by atoms with Crippen molar-refractivity contribution in [1.82, 2.24) is 9.13 Å². The lowest BCUT2D eigenvalue weighted by Crippen LogP contribution is -2.20. The Hall–Kier alpha value is -6.38. The van der Waals surface area contributed by atoms with E-state index in [0.717, 1.165) is 5.69 Å². The summed E-state index contributed by atoms with van der Waals surface area (Å²) in [5.41, 5.74) is 14.3. The van der Waals surface area contributed by atoms with Crippen LogP contribution in [0.3, 0.4) is 0 Å². The summed E-state index contributed by atoms with van der Waals surface area (Å²) >= 11 is 0. The van der Waals surface area contributed by atoms with Crippen molar-refractivity contribution in [2.24, 2.45) is 0 Å². The van der Waals surface area contributed by atoms with Gasteiger partial charge in [0.05, 0.1) is 28.5 Å². The fraction of sp³-hybridized carbons (Fsp3) is 0.148. The summed E-state index contributed by atoms with van der Waals surface area (Å²) in [6, 6.07) is 66.7. The van der Waals surface area contributed by atoms with E-state index in [2.05, 4.69) is 233 Å². The van der Waals surface area contributed by atoms with Crippen LogP contribution in [0.15, 0.2) is 182 Å². The second-order valence-electron chi connectivity index (χ2n) is 17.1. The Labute approximate surface area is 331 Å². The Morgan fingerprint density at radius 2 is 0.750 bits per heavy atom. The average Bonchev–Trinajstić information content (AvgIpc) is 3.86. The zero-order valence-corrected chi connectivity index (χ0v) is 33.2. The molecule has 0 aliphatic rings. The highest BCUT2D eigenvalue weighted by Crippen LogP contribution is 2.45. The molecule has 274 valence electrons. The van der Waals surface area contributed by atoms with Gasteiger partial charge < -0.3 is 9.13 Å². The molecule has 0 spiro atoms. The van der Waals surface area contributed by atoms with E-state index in [1.54, 1.807) is 0 Å². The molecule has 0 aliphatic carbocycles. The number of hydrogen-bond donors (Lipinski definition) is 0. The van der Waals surface area contributed by atoms with Crippen molar-refractivity contribution >= 4 is 21.5 Å². The summed E-state index contributed by atoms with van der Waals surface area (Å²) in [5, 5.41) is 5.08. The smallest absolute Gasteiger partial charge is 0.0535 e. The molecule has 9 rings (SSSR count). The van der Waals surface area contributed by atoms with Gasteiger partial charge in [0.25, 0.3) is 0 Å². The van der Waals surface area contributed by atoms with Crippen LogP contribution in [0.4, 0.5) is 0 Å². The van der Waals surface area contributed by atoms with E-state index in [1.165, 1.54) is 83.4 Å². The van der Waals surface area contributed by atoms with E-state index in [1.807, 2.05) is 0 Å². The number of fused-ring (bicyclic) bond motifs is 2. The van der Waals surface area contributed by atoms with Crippen molar-refractivity contribution < 1.29 is 0 Å². The van der Waals surface area contributed by atoms with Crippen molar-refractivity contribution in [2.75, 3.05) is 0 Å². The van der Waals surface area contributed by atoms with Gasteiger partial charge in [-0.3, -0.25) is 0 Å². The molecule has 9 aromatic rings. The Morgan fingerprint density at radius 3 is 1.16 bits per heavy atom. The van der Waals surface area contributed by atoms with Crippen LogP contribution < -0.4 is 0 Å². The molecule has 2 heterocycles. The third kappa shape index (κ3) is 6.26. The van der Waals surface area contributed by atoms with E-state index in [0.29, 0.717) is 0 Å². The first-order chi connectivity index (χ1) is 27.1. The van der Waals surface area contributed by atoms with Crippen LogP contribution in [0.1, 0.15) is 52.7 Å². The molecule has 0 atom stereocenters. The number of aromatic nitrogens is 2. The molecule has 0 saturated carbocycles. The van der Waals surface area contributed by atoms with E-state index >= 15 is 0 Å². The third-order valence-corrected chi connectivity index (χ3v) is 11.2. The van der Waals surface area contributed by atoms with Crippen molar-refractivity contribution in [3.63, 3.8) is 0 Å². The topological polar surface area (TPSA) is 9.86 Å². The largest absolute Gasteiger partial charge is 0.309 e. The molecule has 0 aliphatic heterocycles. The van der Waals surface area contributed by atoms with Gasteiger partial charge >= 0.3 is 0 Å². The predicted molar refractivity (Wildman–Crippen MR) is 239 cm³/mol. The highest BCUT2D eigenvalue weighted by Gasteiger charge is 2.29. The van der Waals surface area contributed by atoms with Gasteiger partial charge in [0.15, 0.2) is 0 Å². The number of hydrogen-bond acceptors (Lipinski definition) is 0. The molecule has 0 radical (unpaired) electrons. The van der Waals surface area contributed by atoms with E-state index in [4.69, 9.17) is 0 Å². The highest BCUT2D eigenvalue weighted by atomic mass is 15.0. The molecule has 56 heavy (non-hydrogen) atoms. The summed E-state index contributed by atoms with van der Waals surface area (Å²) in [5.74, 6) is 0. The molecule has 0 bridgehead atoms. The molecule has 2 nitrogen and oxygen atoms in total. The molecular formula is C54H48N2. The van der Waals surface area contributed by atoms with Gasteiger partial charge in [0, 0.05) is 5.69 Å². The summed E-state index contributed by atoms with van der Waals surface area (Å²) in [6.07, 6.45) is 0. The quantitative estimate of drug-likeness (QED) is 0.151. The van der Waals surface area contributed by atoms with Crippen LogP contribution in [-0.4, -0.2) is 9.13 Å². The first kappa shape index (κ1) is 35.3. The van der Waals surface area contributed by atoms with E-state index < -0.39 is 0 Å². The minimum atomic E-state index is -0.163. The van der Waals surface area contributed by atoms with Crippen molar-refractivity contribution in [2.45, 2.75) is 52.4 Å². The van der Waals surface area contributed by atoms with E-state index in [9.17, 15) is 0 Å². The fourth-order valence-corrected chi connectivity index (χ4v) is 8.61. The molecule has 0 saturated heterocycles. The zero-order valence-electron chi connectivity index (χ0n) is 33.2. The zero-order chi connectivity index (χ0) is 38.6. The van der Waals surface area contributed by atoms with Crippen molar-refractivity contribution in [3.05, 3.63) is 193 Å². The van der Waals surface area contributed by atoms with Crippen molar-refractivity contribution in [3.8, 4) is 56.4 Å². The van der Waals surface area contributed by atoms with Gasteiger partial charge in [-0.05, 0) is 120 Å². The van der Waals surface area contributed by atoms with Gasteiger partial charge in [-0.15, -0.1) is 0 Å². The second kappa shape index (κ2) is 13.7. The lowest BCUT2D eigenvalue weighted by atomic mass is 9.76. The standard InChI is InChI=1S/C54H48N2/c1-53(2,3)46-36-51(56-49(39-23-15-9-16-24-39)31-32-50(56)40-25-17-10-18-26-40)52(54(4,5)6)45-34-41-27-28-43(33-42(41)35-44(45)46)55-47(37-19-11-7-12-20-37)29-30-48(55)38-21-13-8-14-22-38/h7-36H,1-6H3. The van der Waals surface area contributed by atoms with E-state index in [-0.39, 0.29) is 10.8 Å². The maximum atomic E-state index is 2.52. The minimum absolute atomic E-state index is 0.122. The maximum absolute atomic E-state index is 2.52. The summed E-state index contributed by atoms with van der Waals surface area (Å²) < 4.78 is 4.94. The molecule has 0 unspecified atom stereocenters. The Kier molecular flexibility index (Phi) is 8.66. The monoisotopic (exact) mass is 724 g/mol. The second-order valence-corrected chi connectivity index (χ2v) is 17.1. The van der Waals surface area contributed by atoms with Crippen LogP contribution >= 0.6 is 0 Å².